The lowest BCUT2D eigenvalue weighted by Gasteiger charge is -2.17. The van der Waals surface area contributed by atoms with E-state index in [4.69, 9.17) is 0 Å². The second-order valence-corrected chi connectivity index (χ2v) is 8.74. The van der Waals surface area contributed by atoms with Crippen molar-refractivity contribution in [3.63, 3.8) is 0 Å². The fraction of sp³-hybridized carbons (Fsp3) is 0.0667. The molecule has 0 bridgehead atoms. The number of aryl methyl sites for hydroxylation is 2. The zero-order chi connectivity index (χ0) is 25.4. The number of benzene rings is 4. The Bertz CT molecular complexity index is 1560. The van der Waals surface area contributed by atoms with E-state index in [0.29, 0.717) is 16.9 Å². The number of carboxylic acid groups (broad SMARTS) is 1. The minimum atomic E-state index is -1.09. The molecule has 0 fully saturated rings. The smallest absolute Gasteiger partial charge is 0.335 e. The van der Waals surface area contributed by atoms with Crippen LogP contribution < -0.4 is 10.2 Å². The second-order valence-electron chi connectivity index (χ2n) is 8.74. The number of carbonyl (C=O) groups is 2. The first-order chi connectivity index (χ1) is 17.3. The Morgan fingerprint density at radius 2 is 1.67 bits per heavy atom. The SMILES string of the molecule is Cc1ccc(-c2cccc(N/C=C3\C(=O)N(c4cccc(C(=O)O)c4)c4ccc(F)cc43)c2)cc1C. The van der Waals surface area contributed by atoms with Crippen LogP contribution in [0.15, 0.2) is 91.1 Å². The van der Waals surface area contributed by atoms with Gasteiger partial charge in [-0.3, -0.25) is 9.69 Å². The topological polar surface area (TPSA) is 69.6 Å². The molecule has 1 aliphatic rings. The third kappa shape index (κ3) is 4.25. The van der Waals surface area contributed by atoms with Crippen molar-refractivity contribution in [1.29, 1.82) is 0 Å². The van der Waals surface area contributed by atoms with E-state index in [1.54, 1.807) is 18.3 Å². The minimum Gasteiger partial charge on any atom is -0.478 e. The van der Waals surface area contributed by atoms with Gasteiger partial charge in [0.2, 0.25) is 0 Å². The zero-order valence-corrected chi connectivity index (χ0v) is 19.7. The molecule has 0 spiro atoms. The average molecular weight is 479 g/mol. The summed E-state index contributed by atoms with van der Waals surface area (Å²) in [6, 6.07) is 24.4. The lowest BCUT2D eigenvalue weighted by atomic mass is 10.0. The van der Waals surface area contributed by atoms with Gasteiger partial charge in [-0.2, -0.15) is 0 Å². The Morgan fingerprint density at radius 3 is 2.44 bits per heavy atom. The molecule has 0 aliphatic carbocycles. The Labute approximate surface area is 208 Å². The van der Waals surface area contributed by atoms with E-state index in [2.05, 4.69) is 37.4 Å². The molecule has 1 aliphatic heterocycles. The van der Waals surface area contributed by atoms with Crippen LogP contribution in [0.25, 0.3) is 16.7 Å². The molecule has 4 aromatic carbocycles. The van der Waals surface area contributed by atoms with Crippen LogP contribution in [-0.4, -0.2) is 17.0 Å². The number of nitrogens with one attached hydrogen (secondary N) is 1. The molecule has 0 radical (unpaired) electrons. The van der Waals surface area contributed by atoms with Gasteiger partial charge in [0.15, 0.2) is 0 Å². The maximum Gasteiger partial charge on any atom is 0.335 e. The molecule has 1 amide bonds. The number of hydrogen-bond acceptors (Lipinski definition) is 3. The summed E-state index contributed by atoms with van der Waals surface area (Å²) in [6.07, 6.45) is 1.57. The number of anilines is 3. The standard InChI is InChI=1S/C30H23FN2O3/c1-18-9-10-21(13-19(18)2)20-5-3-7-24(14-20)32-17-27-26-16-23(31)11-12-28(26)33(29(27)34)25-8-4-6-22(15-25)30(35)36/h3-17,32H,1-2H3,(H,35,36)/b27-17-. The predicted octanol–water partition coefficient (Wildman–Crippen LogP) is 6.94. The van der Waals surface area contributed by atoms with E-state index in [0.717, 1.165) is 16.8 Å². The molecule has 6 heteroatoms. The molecule has 0 aromatic heterocycles. The van der Waals surface area contributed by atoms with Crippen LogP contribution in [0.2, 0.25) is 0 Å². The molecule has 1 heterocycles. The molecule has 5 rings (SSSR count). The number of nitrogens with zero attached hydrogens (tertiary/aromatic N) is 1. The third-order valence-electron chi connectivity index (χ3n) is 6.36. The van der Waals surface area contributed by atoms with Gasteiger partial charge in [0.25, 0.3) is 5.91 Å². The van der Waals surface area contributed by atoms with Crippen LogP contribution in [0.4, 0.5) is 21.5 Å². The van der Waals surface area contributed by atoms with Gasteiger partial charge in [-0.05, 0) is 84.6 Å². The highest BCUT2D eigenvalue weighted by Crippen LogP contribution is 2.42. The number of carbonyl (C=O) groups excluding carboxylic acids is 1. The summed E-state index contributed by atoms with van der Waals surface area (Å²) in [5.41, 5.74) is 6.96. The molecule has 178 valence electrons. The monoisotopic (exact) mass is 478 g/mol. The number of amides is 1. The van der Waals surface area contributed by atoms with E-state index >= 15 is 0 Å². The maximum atomic E-state index is 14.2. The molecule has 5 nitrogen and oxygen atoms in total. The van der Waals surface area contributed by atoms with Gasteiger partial charge < -0.3 is 10.4 Å². The summed E-state index contributed by atoms with van der Waals surface area (Å²) in [5, 5.41) is 12.6. The number of carboxylic acids is 1. The first-order valence-corrected chi connectivity index (χ1v) is 11.4. The molecule has 0 saturated heterocycles. The van der Waals surface area contributed by atoms with E-state index in [1.165, 1.54) is 46.4 Å². The first-order valence-electron chi connectivity index (χ1n) is 11.4. The molecule has 4 aromatic rings. The van der Waals surface area contributed by atoms with Crippen LogP contribution in [0.3, 0.4) is 0 Å². The van der Waals surface area contributed by atoms with Crippen LogP contribution in [0, 0.1) is 19.7 Å². The highest BCUT2D eigenvalue weighted by Gasteiger charge is 2.34. The Balaban J connectivity index is 1.50. The minimum absolute atomic E-state index is 0.0580. The van der Waals surface area contributed by atoms with Gasteiger partial charge in [-0.1, -0.05) is 36.4 Å². The molecular formula is C30H23FN2O3. The largest absolute Gasteiger partial charge is 0.478 e. The van der Waals surface area contributed by atoms with Crippen LogP contribution in [0.1, 0.15) is 27.0 Å². The van der Waals surface area contributed by atoms with Crippen molar-refractivity contribution in [3.8, 4) is 11.1 Å². The second kappa shape index (κ2) is 9.15. The summed E-state index contributed by atoms with van der Waals surface area (Å²) in [7, 11) is 0. The molecular weight excluding hydrogens is 455 g/mol. The first kappa shape index (κ1) is 23.1. The van der Waals surface area contributed by atoms with Crippen molar-refractivity contribution in [2.24, 2.45) is 0 Å². The van der Waals surface area contributed by atoms with Crippen LogP contribution in [0.5, 0.6) is 0 Å². The lowest BCUT2D eigenvalue weighted by Crippen LogP contribution is -2.21. The number of halogens is 1. The number of fused-ring (bicyclic) bond motifs is 1. The van der Waals surface area contributed by atoms with Gasteiger partial charge in [0.05, 0.1) is 22.5 Å². The summed E-state index contributed by atoms with van der Waals surface area (Å²) in [5.74, 6) is -1.94. The van der Waals surface area contributed by atoms with E-state index in [-0.39, 0.29) is 17.0 Å². The zero-order valence-electron chi connectivity index (χ0n) is 19.7. The van der Waals surface area contributed by atoms with Crippen molar-refractivity contribution >= 4 is 34.5 Å². The highest BCUT2D eigenvalue weighted by molar-refractivity contribution is 6.35. The summed E-state index contributed by atoms with van der Waals surface area (Å²) < 4.78 is 14.2. The third-order valence-corrected chi connectivity index (χ3v) is 6.36. The lowest BCUT2D eigenvalue weighted by molar-refractivity contribution is -0.112. The average Bonchev–Trinajstić information content (AvgIpc) is 3.14. The highest BCUT2D eigenvalue weighted by atomic mass is 19.1. The van der Waals surface area contributed by atoms with E-state index in [9.17, 15) is 19.1 Å². The van der Waals surface area contributed by atoms with Crippen molar-refractivity contribution in [3.05, 3.63) is 119 Å². The predicted molar refractivity (Wildman–Crippen MR) is 140 cm³/mol. The summed E-state index contributed by atoms with van der Waals surface area (Å²) in [6.45, 7) is 4.15. The maximum absolute atomic E-state index is 14.2. The normalized spacial score (nSPS) is 13.7. The Hall–Kier alpha value is -4.71. The van der Waals surface area contributed by atoms with Gasteiger partial charge in [-0.25, -0.2) is 9.18 Å². The number of hydrogen-bond donors (Lipinski definition) is 2. The van der Waals surface area contributed by atoms with Crippen molar-refractivity contribution in [2.75, 3.05) is 10.2 Å². The number of rotatable bonds is 5. The van der Waals surface area contributed by atoms with Crippen LogP contribution >= 0.6 is 0 Å². The van der Waals surface area contributed by atoms with E-state index in [1.807, 2.05) is 24.3 Å². The van der Waals surface area contributed by atoms with Gasteiger partial charge in [-0.15, -0.1) is 0 Å². The summed E-state index contributed by atoms with van der Waals surface area (Å²) in [4.78, 5) is 26.3. The molecule has 0 unspecified atom stereocenters. The Kier molecular flexibility index (Phi) is 5.86. The van der Waals surface area contributed by atoms with Crippen molar-refractivity contribution < 1.29 is 19.1 Å². The number of aromatic carboxylic acids is 1. The van der Waals surface area contributed by atoms with E-state index < -0.39 is 11.8 Å². The van der Waals surface area contributed by atoms with Crippen LogP contribution in [-0.2, 0) is 4.79 Å². The van der Waals surface area contributed by atoms with Gasteiger partial charge >= 0.3 is 5.97 Å². The molecule has 0 saturated carbocycles. The van der Waals surface area contributed by atoms with Crippen molar-refractivity contribution in [1.82, 2.24) is 0 Å². The quantitative estimate of drug-likeness (QED) is 0.305. The fourth-order valence-electron chi connectivity index (χ4n) is 4.30. The molecule has 0 atom stereocenters. The van der Waals surface area contributed by atoms with Gasteiger partial charge in [0.1, 0.15) is 5.82 Å². The molecule has 2 N–H and O–H groups in total. The molecule has 36 heavy (non-hydrogen) atoms. The van der Waals surface area contributed by atoms with Gasteiger partial charge in [0, 0.05) is 17.5 Å². The Morgan fingerprint density at radius 1 is 0.889 bits per heavy atom. The fourth-order valence-corrected chi connectivity index (χ4v) is 4.30. The van der Waals surface area contributed by atoms with Crippen molar-refractivity contribution in [2.45, 2.75) is 13.8 Å². The summed E-state index contributed by atoms with van der Waals surface area (Å²) >= 11 is 0.